The molecule has 8 heteroatoms. The Hall–Kier alpha value is -2.88. The van der Waals surface area contributed by atoms with Crippen molar-refractivity contribution in [1.29, 1.82) is 5.41 Å². The number of hydrogen-bond acceptors (Lipinski definition) is 7. The first kappa shape index (κ1) is 26.7. The minimum atomic E-state index is -3.85. The predicted molar refractivity (Wildman–Crippen MR) is 135 cm³/mol. The van der Waals surface area contributed by atoms with E-state index in [9.17, 15) is 8.42 Å². The Morgan fingerprint density at radius 3 is 1.66 bits per heavy atom. The van der Waals surface area contributed by atoms with Crippen molar-refractivity contribution in [2.45, 2.75) is 38.1 Å². The summed E-state index contributed by atoms with van der Waals surface area (Å²) < 4.78 is 47.6. The molecule has 0 bridgehead atoms. The van der Waals surface area contributed by atoms with Crippen LogP contribution in [0.4, 0.5) is 0 Å². The van der Waals surface area contributed by atoms with Gasteiger partial charge < -0.3 is 19.6 Å². The molecule has 0 aliphatic heterocycles. The number of benzene rings is 3. The fourth-order valence-electron chi connectivity index (χ4n) is 3.45. The molecule has 0 heterocycles. The average Bonchev–Trinajstić information content (AvgIpc) is 2.86. The third kappa shape index (κ3) is 9.71. The molecular weight excluding hydrogens is 466 g/mol. The van der Waals surface area contributed by atoms with Gasteiger partial charge in [0.15, 0.2) is 0 Å². The van der Waals surface area contributed by atoms with E-state index in [1.165, 1.54) is 0 Å². The van der Waals surface area contributed by atoms with Gasteiger partial charge in [-0.15, -0.1) is 0 Å². The van der Waals surface area contributed by atoms with E-state index in [0.29, 0.717) is 0 Å². The molecule has 186 valence electrons. The minimum Gasteiger partial charge on any atom is -0.374 e. The van der Waals surface area contributed by atoms with Gasteiger partial charge in [0.1, 0.15) is 18.3 Å². The highest BCUT2D eigenvalue weighted by Gasteiger charge is 2.34. The molecule has 0 saturated heterocycles. The van der Waals surface area contributed by atoms with Crippen molar-refractivity contribution in [2.24, 2.45) is 0 Å². The Bertz CT molecular complexity index is 1110. The zero-order chi connectivity index (χ0) is 24.9. The van der Waals surface area contributed by atoms with Crippen molar-refractivity contribution in [3.05, 3.63) is 108 Å². The van der Waals surface area contributed by atoms with Gasteiger partial charge in [0.05, 0.1) is 32.7 Å². The average molecular weight is 498 g/mol. The zero-order valence-corrected chi connectivity index (χ0v) is 20.5. The maximum absolute atomic E-state index is 12.1. The summed E-state index contributed by atoms with van der Waals surface area (Å²) in [7, 11) is -3.85. The quantitative estimate of drug-likeness (QED) is 0.248. The first-order valence-electron chi connectivity index (χ1n) is 11.3. The highest BCUT2D eigenvalue weighted by Crippen LogP contribution is 2.19. The van der Waals surface area contributed by atoms with Crippen LogP contribution >= 0.6 is 0 Å². The van der Waals surface area contributed by atoms with Crippen molar-refractivity contribution >= 4 is 16.3 Å². The topological polar surface area (TPSA) is 94.9 Å². The third-order valence-corrected chi connectivity index (χ3v) is 5.71. The van der Waals surface area contributed by atoms with Crippen LogP contribution in [0.5, 0.6) is 0 Å². The zero-order valence-electron chi connectivity index (χ0n) is 19.7. The van der Waals surface area contributed by atoms with Crippen LogP contribution in [0.25, 0.3) is 0 Å². The molecule has 3 aromatic rings. The van der Waals surface area contributed by atoms with Gasteiger partial charge in [0.25, 0.3) is 10.1 Å². The second-order valence-corrected chi connectivity index (χ2v) is 9.63. The van der Waals surface area contributed by atoms with Gasteiger partial charge in [0, 0.05) is 6.21 Å². The summed E-state index contributed by atoms with van der Waals surface area (Å²) in [6.07, 6.45) is -0.725. The third-order valence-electron chi connectivity index (χ3n) is 5.12. The van der Waals surface area contributed by atoms with E-state index in [4.69, 9.17) is 23.8 Å². The summed E-state index contributed by atoms with van der Waals surface area (Å²) in [5.41, 5.74) is 2.76. The van der Waals surface area contributed by atoms with Crippen LogP contribution in [-0.4, -0.2) is 45.8 Å². The standard InChI is InChI=1S/C27H31NO6S/c1-35(29,30)34-26(21-31-18-22-11-5-2-6-12-22)27(33-20-24-15-9-4-10-16-24)25(17-28)32-19-23-13-7-3-8-14-23/h2-17,25-28H,18-21H2,1H3/t25-,26-,27+/m1/s1. The highest BCUT2D eigenvalue weighted by molar-refractivity contribution is 7.86. The van der Waals surface area contributed by atoms with Crippen molar-refractivity contribution < 1.29 is 26.8 Å². The van der Waals surface area contributed by atoms with E-state index in [0.717, 1.165) is 29.2 Å². The van der Waals surface area contributed by atoms with E-state index >= 15 is 0 Å². The summed E-state index contributed by atoms with van der Waals surface area (Å²) in [4.78, 5) is 0. The Labute approximate surface area is 207 Å². The van der Waals surface area contributed by atoms with Crippen LogP contribution < -0.4 is 0 Å². The molecular formula is C27H31NO6S. The molecule has 3 aromatic carbocycles. The van der Waals surface area contributed by atoms with Gasteiger partial charge in [-0.05, 0) is 16.7 Å². The number of hydrogen-bond donors (Lipinski definition) is 1. The van der Waals surface area contributed by atoms with E-state index in [-0.39, 0.29) is 26.4 Å². The number of rotatable bonds is 15. The summed E-state index contributed by atoms with van der Waals surface area (Å²) in [5, 5.41) is 8.00. The molecule has 3 rings (SSSR count). The van der Waals surface area contributed by atoms with Gasteiger partial charge in [0.2, 0.25) is 0 Å². The SMILES string of the molecule is CS(=O)(=O)O[C@H](COCc1ccccc1)[C@@H](OCc1ccccc1)[C@@H](C=N)OCc1ccccc1. The lowest BCUT2D eigenvalue weighted by molar-refractivity contribution is -0.117. The summed E-state index contributed by atoms with van der Waals surface area (Å²) in [5.74, 6) is 0. The van der Waals surface area contributed by atoms with Crippen molar-refractivity contribution in [1.82, 2.24) is 0 Å². The maximum Gasteiger partial charge on any atom is 0.264 e. The second-order valence-electron chi connectivity index (χ2n) is 8.03. The minimum absolute atomic E-state index is 0.0690. The van der Waals surface area contributed by atoms with Crippen LogP contribution in [0.1, 0.15) is 16.7 Å². The van der Waals surface area contributed by atoms with Crippen molar-refractivity contribution in [2.75, 3.05) is 12.9 Å². The first-order chi connectivity index (χ1) is 16.9. The molecule has 0 spiro atoms. The van der Waals surface area contributed by atoms with E-state index in [2.05, 4.69) is 0 Å². The second kappa shape index (κ2) is 13.9. The number of nitrogens with one attached hydrogen (secondary N) is 1. The Kier molecular flexibility index (Phi) is 10.6. The molecule has 0 aliphatic rings. The Morgan fingerprint density at radius 1 is 0.743 bits per heavy atom. The molecule has 3 atom stereocenters. The molecule has 0 amide bonds. The molecule has 0 aromatic heterocycles. The Balaban J connectivity index is 1.78. The highest BCUT2D eigenvalue weighted by atomic mass is 32.2. The lowest BCUT2D eigenvalue weighted by Gasteiger charge is -2.31. The lowest BCUT2D eigenvalue weighted by atomic mass is 10.1. The summed E-state index contributed by atoms with van der Waals surface area (Å²) in [6.45, 7) is 0.617. The van der Waals surface area contributed by atoms with Gasteiger partial charge in [-0.3, -0.25) is 4.18 Å². The molecule has 0 fully saturated rings. The van der Waals surface area contributed by atoms with E-state index in [1.54, 1.807) is 0 Å². The van der Waals surface area contributed by atoms with Crippen LogP contribution in [-0.2, 0) is 48.3 Å². The molecule has 35 heavy (non-hydrogen) atoms. The van der Waals surface area contributed by atoms with E-state index in [1.807, 2.05) is 91.0 Å². The normalized spacial score (nSPS) is 14.2. The summed E-state index contributed by atoms with van der Waals surface area (Å²) >= 11 is 0. The van der Waals surface area contributed by atoms with E-state index < -0.39 is 28.4 Å². The van der Waals surface area contributed by atoms with Crippen molar-refractivity contribution in [3.8, 4) is 0 Å². The molecule has 0 unspecified atom stereocenters. The smallest absolute Gasteiger partial charge is 0.264 e. The van der Waals surface area contributed by atoms with Crippen LogP contribution in [0.2, 0.25) is 0 Å². The first-order valence-corrected chi connectivity index (χ1v) is 13.1. The predicted octanol–water partition coefficient (Wildman–Crippen LogP) is 4.37. The molecule has 0 aliphatic carbocycles. The molecule has 0 radical (unpaired) electrons. The Morgan fingerprint density at radius 2 is 1.20 bits per heavy atom. The van der Waals surface area contributed by atoms with Crippen LogP contribution in [0.3, 0.4) is 0 Å². The largest absolute Gasteiger partial charge is 0.374 e. The lowest BCUT2D eigenvalue weighted by Crippen LogP contribution is -2.46. The fraction of sp³-hybridized carbons (Fsp3) is 0.296. The van der Waals surface area contributed by atoms with Gasteiger partial charge in [-0.2, -0.15) is 8.42 Å². The van der Waals surface area contributed by atoms with Crippen LogP contribution in [0, 0.1) is 5.41 Å². The molecule has 0 saturated carbocycles. The van der Waals surface area contributed by atoms with Crippen molar-refractivity contribution in [3.63, 3.8) is 0 Å². The monoisotopic (exact) mass is 497 g/mol. The number of ether oxygens (including phenoxy) is 3. The van der Waals surface area contributed by atoms with Gasteiger partial charge in [-0.25, -0.2) is 0 Å². The van der Waals surface area contributed by atoms with Crippen LogP contribution in [0.15, 0.2) is 91.0 Å². The van der Waals surface area contributed by atoms with Gasteiger partial charge >= 0.3 is 0 Å². The molecule has 1 N–H and O–H groups in total. The fourth-order valence-corrected chi connectivity index (χ4v) is 4.07. The summed E-state index contributed by atoms with van der Waals surface area (Å²) in [6, 6.07) is 28.5. The van der Waals surface area contributed by atoms with Gasteiger partial charge in [-0.1, -0.05) is 91.0 Å². The molecule has 7 nitrogen and oxygen atoms in total. The maximum atomic E-state index is 12.1.